The highest BCUT2D eigenvalue weighted by Crippen LogP contribution is 2.29. The van der Waals surface area contributed by atoms with Gasteiger partial charge in [0, 0.05) is 15.4 Å². The Hall–Kier alpha value is -2.00. The second kappa shape index (κ2) is 6.44. The Labute approximate surface area is 123 Å². The Balaban J connectivity index is 2.10. The molecule has 2 nitrogen and oxygen atoms in total. The lowest BCUT2D eigenvalue weighted by Gasteiger charge is -2.05. The van der Waals surface area contributed by atoms with Crippen LogP contribution in [-0.2, 0) is 0 Å². The number of allylic oxidation sites excluding steroid dienone is 1. The lowest BCUT2D eigenvalue weighted by Crippen LogP contribution is -1.98. The van der Waals surface area contributed by atoms with E-state index < -0.39 is 0 Å². The molecule has 0 aliphatic carbocycles. The summed E-state index contributed by atoms with van der Waals surface area (Å²) >= 11 is 1.65. The van der Waals surface area contributed by atoms with E-state index in [0.29, 0.717) is 11.1 Å². The molecule has 0 radical (unpaired) electrons. The van der Waals surface area contributed by atoms with Gasteiger partial charge in [0.05, 0.1) is 7.11 Å². The largest absolute Gasteiger partial charge is 0.497 e. The normalized spacial score (nSPS) is 10.1. The number of ketones is 1. The Morgan fingerprint density at radius 1 is 1.00 bits per heavy atom. The quantitative estimate of drug-likeness (QED) is 0.592. The van der Waals surface area contributed by atoms with Gasteiger partial charge >= 0.3 is 0 Å². The van der Waals surface area contributed by atoms with E-state index in [4.69, 9.17) is 4.74 Å². The van der Waals surface area contributed by atoms with Gasteiger partial charge in [-0.1, -0.05) is 18.3 Å². The molecule has 0 saturated heterocycles. The zero-order chi connectivity index (χ0) is 14.5. The van der Waals surface area contributed by atoms with Gasteiger partial charge in [0.2, 0.25) is 0 Å². The van der Waals surface area contributed by atoms with Crippen molar-refractivity contribution >= 4 is 17.5 Å². The Bertz CT molecular complexity index is 612. The molecule has 0 saturated carbocycles. The minimum atomic E-state index is -0.00834. The van der Waals surface area contributed by atoms with Crippen molar-refractivity contribution in [1.29, 1.82) is 0 Å². The van der Waals surface area contributed by atoms with Crippen molar-refractivity contribution in [2.45, 2.75) is 16.7 Å². The molecule has 0 spiro atoms. The van der Waals surface area contributed by atoms with Crippen LogP contribution in [0.1, 0.15) is 17.3 Å². The zero-order valence-electron chi connectivity index (χ0n) is 11.6. The first-order valence-corrected chi connectivity index (χ1v) is 7.04. The molecule has 2 aromatic rings. The van der Waals surface area contributed by atoms with Crippen LogP contribution in [0.5, 0.6) is 5.75 Å². The molecule has 0 atom stereocenters. The van der Waals surface area contributed by atoms with E-state index in [-0.39, 0.29) is 5.78 Å². The number of hydrogen-bond donors (Lipinski definition) is 0. The highest BCUT2D eigenvalue weighted by Gasteiger charge is 2.06. The van der Waals surface area contributed by atoms with Crippen molar-refractivity contribution < 1.29 is 9.53 Å². The van der Waals surface area contributed by atoms with Crippen LogP contribution in [0.3, 0.4) is 0 Å². The maximum atomic E-state index is 11.8. The summed E-state index contributed by atoms with van der Waals surface area (Å²) in [4.78, 5) is 14.0. The summed E-state index contributed by atoms with van der Waals surface area (Å²) in [7, 11) is 1.65. The van der Waals surface area contributed by atoms with Crippen molar-refractivity contribution in [2.24, 2.45) is 0 Å². The lowest BCUT2D eigenvalue weighted by atomic mass is 10.1. The van der Waals surface area contributed by atoms with Gasteiger partial charge in [-0.2, -0.15) is 0 Å². The highest BCUT2D eigenvalue weighted by molar-refractivity contribution is 7.99. The van der Waals surface area contributed by atoms with Crippen molar-refractivity contribution in [3.8, 4) is 5.75 Å². The Morgan fingerprint density at radius 2 is 1.50 bits per heavy atom. The topological polar surface area (TPSA) is 26.3 Å². The zero-order valence-corrected chi connectivity index (χ0v) is 12.4. The molecule has 0 bridgehead atoms. The molecule has 0 aliphatic rings. The van der Waals surface area contributed by atoms with Crippen molar-refractivity contribution in [1.82, 2.24) is 0 Å². The predicted octanol–water partition coefficient (Wildman–Crippen LogP) is 4.61. The van der Waals surface area contributed by atoms with E-state index in [1.807, 2.05) is 48.5 Å². The maximum Gasteiger partial charge on any atom is 0.188 e. The van der Waals surface area contributed by atoms with Crippen LogP contribution in [0.15, 0.2) is 70.5 Å². The highest BCUT2D eigenvalue weighted by atomic mass is 32.2. The first-order chi connectivity index (χ1) is 9.60. The third kappa shape index (κ3) is 3.52. The molecule has 3 heteroatoms. The maximum absolute atomic E-state index is 11.8. The number of benzene rings is 2. The molecule has 0 heterocycles. The van der Waals surface area contributed by atoms with Gasteiger partial charge < -0.3 is 4.74 Å². The molecule has 0 unspecified atom stereocenters. The van der Waals surface area contributed by atoms with Gasteiger partial charge in [0.1, 0.15) is 5.75 Å². The van der Waals surface area contributed by atoms with E-state index in [1.165, 1.54) is 0 Å². The van der Waals surface area contributed by atoms with Crippen molar-refractivity contribution in [2.75, 3.05) is 7.11 Å². The second-order valence-electron chi connectivity index (χ2n) is 4.41. The fraction of sp³-hybridized carbons (Fsp3) is 0.118. The minimum Gasteiger partial charge on any atom is -0.497 e. The van der Waals surface area contributed by atoms with Crippen molar-refractivity contribution in [3.05, 3.63) is 66.2 Å². The van der Waals surface area contributed by atoms with E-state index in [9.17, 15) is 4.79 Å². The smallest absolute Gasteiger partial charge is 0.188 e. The number of carbonyl (C=O) groups is 1. The van der Waals surface area contributed by atoms with Crippen LogP contribution < -0.4 is 4.74 Å². The summed E-state index contributed by atoms with van der Waals surface area (Å²) in [5, 5.41) is 0. The molecule has 0 N–H and O–H groups in total. The number of hydrogen-bond acceptors (Lipinski definition) is 3. The number of carbonyl (C=O) groups excluding carboxylic acids is 1. The van der Waals surface area contributed by atoms with Gasteiger partial charge in [-0.15, -0.1) is 0 Å². The predicted molar refractivity (Wildman–Crippen MR) is 82.7 cm³/mol. The van der Waals surface area contributed by atoms with E-state index in [1.54, 1.807) is 25.8 Å². The number of methoxy groups -OCH3 is 1. The molecule has 0 amide bonds. The monoisotopic (exact) mass is 284 g/mol. The lowest BCUT2D eigenvalue weighted by molar-refractivity contribution is 0.103. The van der Waals surface area contributed by atoms with E-state index in [2.05, 4.69) is 6.58 Å². The molecule has 102 valence electrons. The fourth-order valence-corrected chi connectivity index (χ4v) is 2.52. The molecule has 0 fully saturated rings. The Kier molecular flexibility index (Phi) is 4.64. The van der Waals surface area contributed by atoms with Crippen LogP contribution in [0.4, 0.5) is 0 Å². The third-order valence-electron chi connectivity index (χ3n) is 2.80. The summed E-state index contributed by atoms with van der Waals surface area (Å²) in [6.45, 7) is 5.40. The summed E-state index contributed by atoms with van der Waals surface area (Å²) in [5.74, 6) is 0.836. The summed E-state index contributed by atoms with van der Waals surface area (Å²) < 4.78 is 5.13. The van der Waals surface area contributed by atoms with Gasteiger partial charge in [-0.3, -0.25) is 4.79 Å². The molecule has 20 heavy (non-hydrogen) atoms. The number of Topliss-reactive ketones (excluding diaryl/α,β-unsaturated/α-hetero) is 1. The fourth-order valence-electron chi connectivity index (χ4n) is 1.70. The third-order valence-corrected chi connectivity index (χ3v) is 3.81. The number of rotatable bonds is 5. The average molecular weight is 284 g/mol. The molecule has 2 aromatic carbocycles. The van der Waals surface area contributed by atoms with Crippen LogP contribution in [0.25, 0.3) is 0 Å². The van der Waals surface area contributed by atoms with Crippen LogP contribution in [0.2, 0.25) is 0 Å². The SMILES string of the molecule is C=C(C)C(=O)c1ccc(Sc2ccc(OC)cc2)cc1. The second-order valence-corrected chi connectivity index (χ2v) is 5.56. The van der Waals surface area contributed by atoms with Crippen LogP contribution >= 0.6 is 11.8 Å². The number of ether oxygens (including phenoxy) is 1. The average Bonchev–Trinajstić information content (AvgIpc) is 2.48. The molecular formula is C17H16O2S. The first-order valence-electron chi connectivity index (χ1n) is 6.22. The first kappa shape index (κ1) is 14.4. The standard InChI is InChI=1S/C17H16O2S/c1-12(2)17(18)13-4-8-15(9-5-13)20-16-10-6-14(19-3)7-11-16/h4-11H,1H2,2-3H3. The van der Waals surface area contributed by atoms with Crippen LogP contribution in [0, 0.1) is 0 Å². The summed E-state index contributed by atoms with van der Waals surface area (Å²) in [6, 6.07) is 15.5. The van der Waals surface area contributed by atoms with Gasteiger partial charge in [-0.25, -0.2) is 0 Å². The van der Waals surface area contributed by atoms with Crippen LogP contribution in [-0.4, -0.2) is 12.9 Å². The molecular weight excluding hydrogens is 268 g/mol. The molecule has 0 aliphatic heterocycles. The van der Waals surface area contributed by atoms with E-state index in [0.717, 1.165) is 15.5 Å². The van der Waals surface area contributed by atoms with Gasteiger partial charge in [-0.05, 0) is 61.0 Å². The summed E-state index contributed by atoms with van der Waals surface area (Å²) in [6.07, 6.45) is 0. The van der Waals surface area contributed by atoms with Gasteiger partial charge in [0.25, 0.3) is 0 Å². The molecule has 0 aromatic heterocycles. The Morgan fingerprint density at radius 3 is 1.95 bits per heavy atom. The van der Waals surface area contributed by atoms with Gasteiger partial charge in [0.15, 0.2) is 5.78 Å². The molecule has 2 rings (SSSR count). The minimum absolute atomic E-state index is 0.00834. The van der Waals surface area contributed by atoms with E-state index >= 15 is 0 Å². The summed E-state index contributed by atoms with van der Waals surface area (Å²) in [5.41, 5.74) is 1.23. The van der Waals surface area contributed by atoms with Crippen molar-refractivity contribution in [3.63, 3.8) is 0 Å².